The summed E-state index contributed by atoms with van der Waals surface area (Å²) in [4.78, 5) is 53.4. The number of hydrogen-bond acceptors (Lipinski definition) is 7. The zero-order valence-corrected chi connectivity index (χ0v) is 68.4. The SMILES string of the molecule is CC(C)(C)c1cc(C(=O)O)c(O)c(C(C)(C)C)c1.CC(C)(C)c1cc(C(=O)O)c(O)c(C(C)(C)C)c1.CCCCCCCCCCCCCCCCCC(=O)O.CCCCCCCCCCCCCCCCCC(=O)O.CCCCCCCCCCCCCCCCCC(=O)O.[Al+3].[Al+3]. The number of carboxylic acids is 5. The van der Waals surface area contributed by atoms with Crippen molar-refractivity contribution in [1.82, 2.24) is 0 Å². The van der Waals surface area contributed by atoms with Crippen LogP contribution in [-0.2, 0) is 36.0 Å². The molecule has 0 radical (unpaired) electrons. The van der Waals surface area contributed by atoms with Crippen molar-refractivity contribution in [1.29, 1.82) is 0 Å². The van der Waals surface area contributed by atoms with Crippen LogP contribution in [0.5, 0.6) is 11.5 Å². The Kier molecular flexibility index (Phi) is 67.6. The normalized spacial score (nSPS) is 11.3. The Morgan fingerprint density at radius 3 is 0.531 bits per heavy atom. The molecule has 7 N–H and O–H groups in total. The van der Waals surface area contributed by atoms with Crippen LogP contribution in [0.3, 0.4) is 0 Å². The summed E-state index contributed by atoms with van der Waals surface area (Å²) < 4.78 is 0. The van der Waals surface area contributed by atoms with Gasteiger partial charge in [-0.1, -0.05) is 386 Å². The number of aromatic hydroxyl groups is 2. The van der Waals surface area contributed by atoms with Crippen LogP contribution in [0.4, 0.5) is 0 Å². The van der Waals surface area contributed by atoms with E-state index >= 15 is 0 Å². The molecule has 14 heteroatoms. The van der Waals surface area contributed by atoms with Crippen molar-refractivity contribution in [2.75, 3.05) is 0 Å². The van der Waals surface area contributed by atoms with Gasteiger partial charge in [-0.3, -0.25) is 14.4 Å². The maximum atomic E-state index is 11.2. The largest absolute Gasteiger partial charge is 3.00 e. The zero-order valence-electron chi connectivity index (χ0n) is 66.1. The summed E-state index contributed by atoms with van der Waals surface area (Å²) in [6, 6.07) is 6.93. The Labute approximate surface area is 623 Å². The molecule has 0 amide bonds. The molecule has 0 aromatic heterocycles. The minimum atomic E-state index is -1.09. The number of unbranched alkanes of at least 4 members (excludes halogenated alkanes) is 42. The fourth-order valence-electron chi connectivity index (χ4n) is 11.5. The molecule has 0 heterocycles. The topological polar surface area (TPSA) is 227 Å². The average Bonchev–Trinajstić information content (AvgIpc) is 0.794. The number of phenols is 2. The van der Waals surface area contributed by atoms with Gasteiger partial charge in [0.05, 0.1) is 0 Å². The van der Waals surface area contributed by atoms with Gasteiger partial charge in [-0.25, -0.2) is 9.59 Å². The standard InChI is InChI=1S/3C18H36O2.2C15H22O3.2Al/c3*1-2-3-4-5-6-7-8-9-10-11-12-13-14-15-16-17-18(19)20;2*1-14(2,3)9-7-10(13(17)18)12(16)11(8-9)15(4,5)6;;/h3*2-17H2,1H3,(H,19,20);2*7-8,16H,1-6H3,(H,17,18);;/q;;;;;2*+3. The number of aliphatic carboxylic acids is 3. The summed E-state index contributed by atoms with van der Waals surface area (Å²) in [7, 11) is 0. The van der Waals surface area contributed by atoms with Crippen molar-refractivity contribution in [3.05, 3.63) is 57.6 Å². The molecule has 98 heavy (non-hydrogen) atoms. The molecule has 0 saturated heterocycles. The van der Waals surface area contributed by atoms with E-state index in [9.17, 15) is 44.4 Å². The monoisotopic (exact) mass is 1410 g/mol. The first kappa shape index (κ1) is 103. The van der Waals surface area contributed by atoms with E-state index in [1.807, 2.05) is 95.2 Å². The number of hydrogen-bond donors (Lipinski definition) is 7. The summed E-state index contributed by atoms with van der Waals surface area (Å²) in [5, 5.41) is 64.1. The maximum absolute atomic E-state index is 11.2. The van der Waals surface area contributed by atoms with E-state index in [-0.39, 0.29) is 79.0 Å². The van der Waals surface area contributed by atoms with Gasteiger partial charge in [0.15, 0.2) is 0 Å². The van der Waals surface area contributed by atoms with Crippen LogP contribution in [0.2, 0.25) is 0 Å². The van der Waals surface area contributed by atoms with E-state index in [0.717, 1.165) is 49.7 Å². The number of rotatable bonds is 50. The van der Waals surface area contributed by atoms with Gasteiger partial charge in [-0.2, -0.15) is 0 Å². The van der Waals surface area contributed by atoms with E-state index in [0.29, 0.717) is 30.4 Å². The van der Waals surface area contributed by atoms with Gasteiger partial charge >= 0.3 is 64.6 Å². The Hall–Kier alpha value is -3.55. The van der Waals surface area contributed by atoms with Crippen LogP contribution in [0.1, 0.15) is 455 Å². The van der Waals surface area contributed by atoms with Crippen LogP contribution >= 0.6 is 0 Å². The molecule has 2 rings (SSSR count). The van der Waals surface area contributed by atoms with Crippen molar-refractivity contribution in [3.8, 4) is 11.5 Å². The van der Waals surface area contributed by atoms with E-state index in [1.165, 1.54) is 250 Å². The van der Waals surface area contributed by atoms with Gasteiger partial charge in [0.25, 0.3) is 0 Å². The van der Waals surface area contributed by atoms with Gasteiger partial charge < -0.3 is 35.7 Å². The molecule has 12 nitrogen and oxygen atoms in total. The van der Waals surface area contributed by atoms with Crippen molar-refractivity contribution in [2.24, 2.45) is 0 Å². The average molecular weight is 1410 g/mol. The zero-order chi connectivity index (χ0) is 73.3. The molecule has 0 aliphatic heterocycles. The molecule has 0 aliphatic rings. The molecule has 0 bridgehead atoms. The molecule has 560 valence electrons. The van der Waals surface area contributed by atoms with E-state index in [2.05, 4.69) is 20.8 Å². The minimum absolute atomic E-state index is 0. The van der Waals surface area contributed by atoms with Gasteiger partial charge in [0, 0.05) is 30.4 Å². The minimum Gasteiger partial charge on any atom is -0.507 e. The van der Waals surface area contributed by atoms with Crippen LogP contribution in [-0.4, -0.2) is 100 Å². The molecule has 0 saturated carbocycles. The van der Waals surface area contributed by atoms with E-state index in [4.69, 9.17) is 15.3 Å². The number of aromatic carboxylic acids is 2. The maximum Gasteiger partial charge on any atom is 3.00 e. The third kappa shape index (κ3) is 62.3. The van der Waals surface area contributed by atoms with Crippen LogP contribution < -0.4 is 0 Å². The van der Waals surface area contributed by atoms with Gasteiger partial charge in [0.1, 0.15) is 22.6 Å². The van der Waals surface area contributed by atoms with Crippen LogP contribution in [0, 0.1) is 0 Å². The molecule has 2 aromatic carbocycles. The van der Waals surface area contributed by atoms with Crippen molar-refractivity contribution < 1.29 is 59.7 Å². The number of carbonyl (C=O) groups is 5. The molecule has 0 spiro atoms. The number of carboxylic acid groups (broad SMARTS) is 5. The molecule has 2 aromatic rings. The fourth-order valence-corrected chi connectivity index (χ4v) is 11.5. The molecule has 0 aliphatic carbocycles. The third-order valence-electron chi connectivity index (χ3n) is 18.0. The van der Waals surface area contributed by atoms with E-state index < -0.39 is 29.8 Å². The van der Waals surface area contributed by atoms with Crippen LogP contribution in [0.25, 0.3) is 0 Å². The summed E-state index contributed by atoms with van der Waals surface area (Å²) in [5.74, 6) is -4.39. The second-order valence-corrected chi connectivity index (χ2v) is 31.7. The smallest absolute Gasteiger partial charge is 0.507 e. The summed E-state index contributed by atoms with van der Waals surface area (Å²) in [5.41, 5.74) is 2.24. The molecular formula is C84H152Al2O12+6. The Balaban J connectivity index is -0.000000366. The third-order valence-corrected chi connectivity index (χ3v) is 18.0. The summed E-state index contributed by atoms with van der Waals surface area (Å²) in [6.45, 7) is 30.7. The summed E-state index contributed by atoms with van der Waals surface area (Å²) in [6.07, 6.45) is 60.6. The van der Waals surface area contributed by atoms with E-state index in [1.54, 1.807) is 12.1 Å². The van der Waals surface area contributed by atoms with Crippen molar-refractivity contribution >= 4 is 64.6 Å². The second-order valence-electron chi connectivity index (χ2n) is 31.7. The first-order valence-corrected chi connectivity index (χ1v) is 39.1. The summed E-state index contributed by atoms with van der Waals surface area (Å²) >= 11 is 0. The van der Waals surface area contributed by atoms with Crippen molar-refractivity contribution in [3.63, 3.8) is 0 Å². The van der Waals surface area contributed by atoms with Crippen LogP contribution in [0.15, 0.2) is 24.3 Å². The Bertz CT molecular complexity index is 2070. The van der Waals surface area contributed by atoms with Gasteiger partial charge in [0.2, 0.25) is 0 Å². The fraction of sp³-hybridized carbons (Fsp3) is 0.798. The Morgan fingerprint density at radius 2 is 0.408 bits per heavy atom. The van der Waals surface area contributed by atoms with Crippen molar-refractivity contribution in [2.45, 2.75) is 434 Å². The molecule has 0 fully saturated rings. The molecule has 0 atom stereocenters. The predicted molar refractivity (Wildman–Crippen MR) is 418 cm³/mol. The molecular weight excluding hydrogens is 1250 g/mol. The molecule has 0 unspecified atom stereocenters. The first-order valence-electron chi connectivity index (χ1n) is 39.1. The number of benzene rings is 2. The Morgan fingerprint density at radius 1 is 0.255 bits per heavy atom. The van der Waals surface area contributed by atoms with Gasteiger partial charge in [-0.15, -0.1) is 0 Å². The van der Waals surface area contributed by atoms with Gasteiger partial charge in [-0.05, 0) is 64.2 Å². The quantitative estimate of drug-likeness (QED) is 0.0243. The second kappa shape index (κ2) is 64.3. The predicted octanol–water partition coefficient (Wildman–Crippen LogP) is 25.6. The first-order chi connectivity index (χ1) is 45.2.